The molecule has 0 bridgehead atoms. The number of nitriles is 1. The Morgan fingerprint density at radius 2 is 1.61 bits per heavy atom. The lowest BCUT2D eigenvalue weighted by Crippen LogP contribution is -2.36. The molecule has 0 radical (unpaired) electrons. The number of Topliss-reactive ketones (excluding diaryl/α,β-unsaturated/α-hetero) is 1. The number of nitrogens with zero attached hydrogens (tertiary/aromatic N) is 1. The normalized spacial score (nSPS) is 26.4. The summed E-state index contributed by atoms with van der Waals surface area (Å²) in [7, 11) is 0. The van der Waals surface area contributed by atoms with Gasteiger partial charge in [0.1, 0.15) is 5.78 Å². The Labute approximate surface area is 187 Å². The maximum Gasteiger partial charge on any atom is 0.133 e. The van der Waals surface area contributed by atoms with E-state index in [-0.39, 0.29) is 11.3 Å². The average molecular weight is 414 g/mol. The Morgan fingerprint density at radius 3 is 2.19 bits per heavy atom. The second-order valence-electron chi connectivity index (χ2n) is 9.80. The van der Waals surface area contributed by atoms with Crippen molar-refractivity contribution in [1.29, 1.82) is 5.26 Å². The van der Waals surface area contributed by atoms with Gasteiger partial charge in [0.05, 0.1) is 11.5 Å². The molecule has 0 unspecified atom stereocenters. The highest BCUT2D eigenvalue weighted by molar-refractivity contribution is 5.79. The van der Waals surface area contributed by atoms with E-state index in [2.05, 4.69) is 61.5 Å². The van der Waals surface area contributed by atoms with Crippen LogP contribution in [0.4, 0.5) is 0 Å². The molecule has 0 aliphatic heterocycles. The Morgan fingerprint density at radius 1 is 0.968 bits per heavy atom. The van der Waals surface area contributed by atoms with Crippen LogP contribution in [0.5, 0.6) is 0 Å². The van der Waals surface area contributed by atoms with Crippen LogP contribution in [0.25, 0.3) is 11.1 Å². The quantitative estimate of drug-likeness (QED) is 0.488. The van der Waals surface area contributed by atoms with Crippen molar-refractivity contribution < 1.29 is 4.79 Å². The van der Waals surface area contributed by atoms with Crippen LogP contribution in [0, 0.1) is 22.7 Å². The van der Waals surface area contributed by atoms with E-state index in [0.29, 0.717) is 24.5 Å². The highest BCUT2D eigenvalue weighted by Crippen LogP contribution is 2.50. The van der Waals surface area contributed by atoms with Crippen LogP contribution in [0.3, 0.4) is 0 Å². The number of carbonyl (C=O) groups excluding carboxylic acids is 1. The third kappa shape index (κ3) is 4.93. The van der Waals surface area contributed by atoms with Crippen LogP contribution in [-0.4, -0.2) is 5.78 Å². The standard InChI is InChI=1S/C29H35NO/c1-2-3-5-22-8-10-23(11-9-22)24-12-14-25(15-13-24)26-16-18-29(21-30,19-17-26)27-6-4-7-28(31)20-27/h8-15,26-27H,2-7,16-20H2,1H3/t26?,27-,29?/m1/s1. The molecule has 162 valence electrons. The molecular weight excluding hydrogens is 378 g/mol. The zero-order chi connectivity index (χ0) is 21.7. The van der Waals surface area contributed by atoms with Crippen molar-refractivity contribution in [3.63, 3.8) is 0 Å². The summed E-state index contributed by atoms with van der Waals surface area (Å²) in [6.07, 6.45) is 11.0. The van der Waals surface area contributed by atoms with Gasteiger partial charge in [-0.2, -0.15) is 5.26 Å². The largest absolute Gasteiger partial charge is 0.300 e. The fourth-order valence-electron chi connectivity index (χ4n) is 5.77. The monoisotopic (exact) mass is 413 g/mol. The summed E-state index contributed by atoms with van der Waals surface area (Å²) >= 11 is 0. The van der Waals surface area contributed by atoms with Crippen molar-refractivity contribution in [2.24, 2.45) is 11.3 Å². The number of carbonyl (C=O) groups is 1. The zero-order valence-electron chi connectivity index (χ0n) is 18.9. The van der Waals surface area contributed by atoms with E-state index in [0.717, 1.165) is 44.9 Å². The molecule has 2 heteroatoms. The van der Waals surface area contributed by atoms with Crippen molar-refractivity contribution in [2.75, 3.05) is 0 Å². The Hall–Kier alpha value is -2.40. The Balaban J connectivity index is 1.39. The Kier molecular flexibility index (Phi) is 6.91. The van der Waals surface area contributed by atoms with Gasteiger partial charge in [-0.3, -0.25) is 4.79 Å². The van der Waals surface area contributed by atoms with Gasteiger partial charge < -0.3 is 0 Å². The number of hydrogen-bond acceptors (Lipinski definition) is 2. The van der Waals surface area contributed by atoms with Gasteiger partial charge >= 0.3 is 0 Å². The average Bonchev–Trinajstić information content (AvgIpc) is 2.83. The Bertz CT molecular complexity index is 911. The lowest BCUT2D eigenvalue weighted by Gasteiger charge is -2.42. The summed E-state index contributed by atoms with van der Waals surface area (Å²) in [6.45, 7) is 2.24. The maximum atomic E-state index is 12.0. The molecule has 4 rings (SSSR count). The minimum atomic E-state index is -0.272. The molecule has 2 aromatic carbocycles. The number of hydrogen-bond donors (Lipinski definition) is 0. The van der Waals surface area contributed by atoms with Crippen molar-refractivity contribution in [3.8, 4) is 17.2 Å². The minimum Gasteiger partial charge on any atom is -0.300 e. The van der Waals surface area contributed by atoms with Crippen LogP contribution in [-0.2, 0) is 11.2 Å². The zero-order valence-corrected chi connectivity index (χ0v) is 18.9. The molecule has 0 heterocycles. The van der Waals surface area contributed by atoms with Crippen LogP contribution in [0.2, 0.25) is 0 Å². The van der Waals surface area contributed by atoms with E-state index < -0.39 is 0 Å². The first-order valence-electron chi connectivity index (χ1n) is 12.3. The number of unbranched alkanes of at least 4 members (excludes halogenated alkanes) is 1. The van der Waals surface area contributed by atoms with E-state index in [4.69, 9.17) is 0 Å². The van der Waals surface area contributed by atoms with Crippen molar-refractivity contribution in [1.82, 2.24) is 0 Å². The molecule has 2 aliphatic rings. The molecular formula is C29H35NO. The van der Waals surface area contributed by atoms with Gasteiger partial charge in [-0.1, -0.05) is 61.9 Å². The summed E-state index contributed by atoms with van der Waals surface area (Å²) in [5.41, 5.74) is 5.10. The minimum absolute atomic E-state index is 0.272. The summed E-state index contributed by atoms with van der Waals surface area (Å²) in [4.78, 5) is 12.0. The van der Waals surface area contributed by atoms with Gasteiger partial charge in [0.15, 0.2) is 0 Å². The van der Waals surface area contributed by atoms with Gasteiger partial charge in [-0.15, -0.1) is 0 Å². The van der Waals surface area contributed by atoms with Crippen molar-refractivity contribution in [2.45, 2.75) is 83.5 Å². The predicted octanol–water partition coefficient (Wildman–Crippen LogP) is 7.62. The molecule has 0 spiro atoms. The summed E-state index contributed by atoms with van der Waals surface area (Å²) < 4.78 is 0. The molecule has 0 aromatic heterocycles. The summed E-state index contributed by atoms with van der Waals surface area (Å²) in [5.74, 6) is 1.18. The van der Waals surface area contributed by atoms with E-state index in [9.17, 15) is 10.1 Å². The fraction of sp³-hybridized carbons (Fsp3) is 0.517. The molecule has 2 aliphatic carbocycles. The van der Waals surface area contributed by atoms with E-state index >= 15 is 0 Å². The summed E-state index contributed by atoms with van der Waals surface area (Å²) in [6, 6.07) is 20.8. The van der Waals surface area contributed by atoms with Crippen molar-refractivity contribution in [3.05, 3.63) is 59.7 Å². The molecule has 2 aromatic rings. The molecule has 0 N–H and O–H groups in total. The van der Waals surface area contributed by atoms with Crippen LogP contribution >= 0.6 is 0 Å². The topological polar surface area (TPSA) is 40.9 Å². The third-order valence-electron chi connectivity index (χ3n) is 7.85. The van der Waals surface area contributed by atoms with E-state index in [1.807, 2.05) is 0 Å². The number of aryl methyl sites for hydroxylation is 1. The van der Waals surface area contributed by atoms with Crippen LogP contribution in [0.1, 0.15) is 88.2 Å². The first-order valence-corrected chi connectivity index (χ1v) is 12.3. The number of rotatable bonds is 6. The molecule has 2 saturated carbocycles. The first-order chi connectivity index (χ1) is 15.1. The van der Waals surface area contributed by atoms with Gasteiger partial charge in [-0.25, -0.2) is 0 Å². The lowest BCUT2D eigenvalue weighted by atomic mass is 9.60. The molecule has 31 heavy (non-hydrogen) atoms. The highest BCUT2D eigenvalue weighted by Gasteiger charge is 2.43. The van der Waals surface area contributed by atoms with E-state index in [1.54, 1.807) is 0 Å². The fourth-order valence-corrected chi connectivity index (χ4v) is 5.77. The molecule has 2 fully saturated rings. The van der Waals surface area contributed by atoms with Crippen LogP contribution < -0.4 is 0 Å². The van der Waals surface area contributed by atoms with Gasteiger partial charge in [0.25, 0.3) is 0 Å². The van der Waals surface area contributed by atoms with Crippen molar-refractivity contribution >= 4 is 5.78 Å². The summed E-state index contributed by atoms with van der Waals surface area (Å²) in [5, 5.41) is 10.0. The predicted molar refractivity (Wildman–Crippen MR) is 127 cm³/mol. The second kappa shape index (κ2) is 9.82. The smallest absolute Gasteiger partial charge is 0.133 e. The van der Waals surface area contributed by atoms with Crippen LogP contribution in [0.15, 0.2) is 48.5 Å². The molecule has 2 nitrogen and oxygen atoms in total. The number of benzene rings is 2. The van der Waals surface area contributed by atoms with E-state index in [1.165, 1.54) is 35.1 Å². The lowest BCUT2D eigenvalue weighted by molar-refractivity contribution is -0.123. The second-order valence-corrected chi connectivity index (χ2v) is 9.80. The van der Waals surface area contributed by atoms with Gasteiger partial charge in [0, 0.05) is 12.8 Å². The molecule has 1 atom stereocenters. The van der Waals surface area contributed by atoms with Gasteiger partial charge in [0.2, 0.25) is 0 Å². The molecule has 0 saturated heterocycles. The maximum absolute atomic E-state index is 12.0. The van der Waals surface area contributed by atoms with Gasteiger partial charge in [-0.05, 0) is 85.5 Å². The third-order valence-corrected chi connectivity index (χ3v) is 7.85. The molecule has 0 amide bonds. The number of ketones is 1. The first kappa shape index (κ1) is 21.8. The highest BCUT2D eigenvalue weighted by atomic mass is 16.1. The SMILES string of the molecule is CCCCc1ccc(-c2ccc(C3CCC(C#N)([C@@H]4CCCC(=O)C4)CC3)cc2)cc1.